The number of nitrogens with zero attached hydrogens (tertiary/aromatic N) is 1. The maximum absolute atomic E-state index is 11.4. The van der Waals surface area contributed by atoms with E-state index in [-0.39, 0.29) is 12.5 Å². The van der Waals surface area contributed by atoms with Gasteiger partial charge in [0.05, 0.1) is 6.61 Å². The highest BCUT2D eigenvalue weighted by Gasteiger charge is 2.08. The Kier molecular flexibility index (Phi) is 6.63. The van der Waals surface area contributed by atoms with Gasteiger partial charge in [-0.15, -0.1) is 0 Å². The standard InChI is InChI=1S/C21H23NO3/c1-15(2)21(23)25-12-4-5-18-13-19(10-11-20(18)14-22-24)17-8-6-16(3)7-9-17/h6-11,13H,1,4-5,12,14H2,2-3H3. The highest BCUT2D eigenvalue weighted by molar-refractivity contribution is 5.86. The molecule has 0 spiro atoms. The average Bonchev–Trinajstić information content (AvgIpc) is 2.60. The molecule has 2 aromatic carbocycles. The van der Waals surface area contributed by atoms with E-state index < -0.39 is 0 Å². The number of benzene rings is 2. The van der Waals surface area contributed by atoms with Gasteiger partial charge in [0.1, 0.15) is 6.54 Å². The zero-order valence-corrected chi connectivity index (χ0v) is 14.7. The molecule has 0 fully saturated rings. The van der Waals surface area contributed by atoms with Crippen molar-refractivity contribution in [1.29, 1.82) is 0 Å². The van der Waals surface area contributed by atoms with Crippen molar-refractivity contribution in [3.63, 3.8) is 0 Å². The lowest BCUT2D eigenvalue weighted by atomic mass is 9.96. The summed E-state index contributed by atoms with van der Waals surface area (Å²) >= 11 is 0. The fourth-order valence-electron chi connectivity index (χ4n) is 2.56. The highest BCUT2D eigenvalue weighted by Crippen LogP contribution is 2.24. The zero-order chi connectivity index (χ0) is 18.2. The quantitative estimate of drug-likeness (QED) is 0.295. The van der Waals surface area contributed by atoms with Crippen LogP contribution in [0.3, 0.4) is 0 Å². The van der Waals surface area contributed by atoms with E-state index in [9.17, 15) is 9.70 Å². The first-order valence-electron chi connectivity index (χ1n) is 8.32. The minimum Gasteiger partial charge on any atom is -0.462 e. The first kappa shape index (κ1) is 18.6. The van der Waals surface area contributed by atoms with Crippen LogP contribution in [0.4, 0.5) is 0 Å². The Bertz CT molecular complexity index is 763. The lowest BCUT2D eigenvalue weighted by molar-refractivity contribution is -0.139. The maximum Gasteiger partial charge on any atom is 0.333 e. The Hall–Kier alpha value is -2.75. The Morgan fingerprint density at radius 2 is 1.76 bits per heavy atom. The van der Waals surface area contributed by atoms with E-state index in [0.717, 1.165) is 22.3 Å². The van der Waals surface area contributed by atoms with Crippen LogP contribution in [0.5, 0.6) is 0 Å². The molecule has 0 aromatic heterocycles. The predicted molar refractivity (Wildman–Crippen MR) is 100 cm³/mol. The fraction of sp³-hybridized carbons (Fsp3) is 0.286. The smallest absolute Gasteiger partial charge is 0.333 e. The first-order valence-corrected chi connectivity index (χ1v) is 8.32. The number of carbonyl (C=O) groups is 1. The van der Waals surface area contributed by atoms with Crippen LogP contribution in [0.2, 0.25) is 0 Å². The van der Waals surface area contributed by atoms with E-state index in [1.165, 1.54) is 5.56 Å². The number of carbonyl (C=O) groups excluding carboxylic acids is 1. The number of hydrogen-bond acceptors (Lipinski definition) is 4. The minimum absolute atomic E-state index is 0.148. The Morgan fingerprint density at radius 1 is 1.08 bits per heavy atom. The molecule has 4 heteroatoms. The van der Waals surface area contributed by atoms with Crippen LogP contribution < -0.4 is 0 Å². The van der Waals surface area contributed by atoms with Gasteiger partial charge in [-0.3, -0.25) is 0 Å². The maximum atomic E-state index is 11.4. The van der Waals surface area contributed by atoms with Gasteiger partial charge >= 0.3 is 5.97 Å². The van der Waals surface area contributed by atoms with Crippen molar-refractivity contribution < 1.29 is 9.53 Å². The summed E-state index contributed by atoms with van der Waals surface area (Å²) in [5.41, 5.74) is 5.81. The normalized spacial score (nSPS) is 10.3. The molecule has 0 radical (unpaired) electrons. The monoisotopic (exact) mass is 337 g/mol. The van der Waals surface area contributed by atoms with Crippen LogP contribution >= 0.6 is 0 Å². The van der Waals surface area contributed by atoms with Gasteiger partial charge < -0.3 is 4.74 Å². The molecule has 2 aromatic rings. The van der Waals surface area contributed by atoms with Gasteiger partial charge in [-0.25, -0.2) is 4.79 Å². The molecule has 0 saturated carbocycles. The van der Waals surface area contributed by atoms with E-state index in [2.05, 4.69) is 49.0 Å². The number of rotatable bonds is 8. The van der Waals surface area contributed by atoms with Crippen LogP contribution in [-0.2, 0) is 22.5 Å². The molecular formula is C21H23NO3. The van der Waals surface area contributed by atoms with Crippen LogP contribution in [-0.4, -0.2) is 12.6 Å². The van der Waals surface area contributed by atoms with E-state index >= 15 is 0 Å². The fourth-order valence-corrected chi connectivity index (χ4v) is 2.56. The van der Waals surface area contributed by atoms with E-state index in [0.29, 0.717) is 25.0 Å². The van der Waals surface area contributed by atoms with Gasteiger partial charge in [0.2, 0.25) is 0 Å². The second-order valence-electron chi connectivity index (χ2n) is 6.16. The van der Waals surface area contributed by atoms with E-state index in [1.54, 1.807) is 6.92 Å². The summed E-state index contributed by atoms with van der Waals surface area (Å²) in [6.45, 7) is 7.72. The van der Waals surface area contributed by atoms with Gasteiger partial charge in [-0.05, 0) is 48.9 Å². The zero-order valence-electron chi connectivity index (χ0n) is 14.7. The molecule has 0 amide bonds. The lowest BCUT2D eigenvalue weighted by Crippen LogP contribution is -2.07. The van der Waals surface area contributed by atoms with Crippen molar-refractivity contribution in [2.75, 3.05) is 6.61 Å². The summed E-state index contributed by atoms with van der Waals surface area (Å²) < 4.78 is 5.13. The number of aryl methyl sites for hydroxylation is 2. The van der Waals surface area contributed by atoms with Crippen molar-refractivity contribution in [2.24, 2.45) is 5.18 Å². The van der Waals surface area contributed by atoms with Gasteiger partial charge in [0, 0.05) is 5.57 Å². The Labute approximate surface area is 148 Å². The topological polar surface area (TPSA) is 55.7 Å². The van der Waals surface area contributed by atoms with Gasteiger partial charge in [0.25, 0.3) is 0 Å². The third-order valence-corrected chi connectivity index (χ3v) is 4.00. The molecule has 0 unspecified atom stereocenters. The summed E-state index contributed by atoms with van der Waals surface area (Å²) in [5, 5.41) is 3.01. The molecule has 0 aliphatic heterocycles. The molecule has 0 saturated heterocycles. The van der Waals surface area contributed by atoms with Crippen molar-refractivity contribution >= 4 is 5.97 Å². The van der Waals surface area contributed by atoms with E-state index in [4.69, 9.17) is 4.74 Å². The molecule has 0 bridgehead atoms. The number of ether oxygens (including phenoxy) is 1. The van der Waals surface area contributed by atoms with Crippen LogP contribution in [0.15, 0.2) is 59.8 Å². The second-order valence-corrected chi connectivity index (χ2v) is 6.16. The molecule has 130 valence electrons. The van der Waals surface area contributed by atoms with Gasteiger partial charge in [0.15, 0.2) is 0 Å². The highest BCUT2D eigenvalue weighted by atomic mass is 16.5. The molecule has 25 heavy (non-hydrogen) atoms. The molecule has 0 aliphatic rings. The van der Waals surface area contributed by atoms with Crippen molar-refractivity contribution in [3.05, 3.63) is 76.2 Å². The average molecular weight is 337 g/mol. The van der Waals surface area contributed by atoms with Crippen LogP contribution in [0.25, 0.3) is 11.1 Å². The Morgan fingerprint density at radius 3 is 2.40 bits per heavy atom. The number of esters is 1. The van der Waals surface area contributed by atoms with Gasteiger partial charge in [-0.2, -0.15) is 4.91 Å². The van der Waals surface area contributed by atoms with Crippen LogP contribution in [0, 0.1) is 11.8 Å². The van der Waals surface area contributed by atoms with Crippen molar-refractivity contribution in [2.45, 2.75) is 33.2 Å². The van der Waals surface area contributed by atoms with Crippen molar-refractivity contribution in [1.82, 2.24) is 0 Å². The molecule has 0 N–H and O–H groups in total. The van der Waals surface area contributed by atoms with Crippen molar-refractivity contribution in [3.8, 4) is 11.1 Å². The number of hydrogen-bond donors (Lipinski definition) is 0. The summed E-state index contributed by atoms with van der Waals surface area (Å²) in [6.07, 6.45) is 1.40. The molecule has 4 nitrogen and oxygen atoms in total. The second kappa shape index (κ2) is 8.92. The summed E-state index contributed by atoms with van der Waals surface area (Å²) in [6, 6.07) is 14.4. The number of nitroso groups, excluding NO2 is 1. The predicted octanol–water partition coefficient (Wildman–Crippen LogP) is 4.98. The molecule has 2 rings (SSSR count). The SMILES string of the molecule is C=C(C)C(=O)OCCCc1cc(-c2ccc(C)cc2)ccc1CN=O. The first-order chi connectivity index (χ1) is 12.0. The summed E-state index contributed by atoms with van der Waals surface area (Å²) in [4.78, 5) is 22.1. The van der Waals surface area contributed by atoms with E-state index in [1.807, 2.05) is 12.1 Å². The lowest BCUT2D eigenvalue weighted by Gasteiger charge is -2.11. The third kappa shape index (κ3) is 5.38. The molecule has 0 atom stereocenters. The molecular weight excluding hydrogens is 314 g/mol. The summed E-state index contributed by atoms with van der Waals surface area (Å²) in [7, 11) is 0. The molecule has 0 heterocycles. The van der Waals surface area contributed by atoms with Crippen LogP contribution in [0.1, 0.15) is 30.0 Å². The minimum atomic E-state index is -0.372. The Balaban J connectivity index is 2.11. The largest absolute Gasteiger partial charge is 0.462 e. The van der Waals surface area contributed by atoms with Gasteiger partial charge in [-0.1, -0.05) is 59.8 Å². The third-order valence-electron chi connectivity index (χ3n) is 4.00. The summed E-state index contributed by atoms with van der Waals surface area (Å²) in [5.74, 6) is -0.372. The molecule has 0 aliphatic carbocycles.